The number of carbonyl (C=O) groups excluding carboxylic acids is 8. The maximum absolute atomic E-state index is 12.7. The van der Waals surface area contributed by atoms with Crippen LogP contribution in [-0.2, 0) is 75.3 Å². The zero-order valence-corrected chi connectivity index (χ0v) is 66.8. The molecule has 0 fully saturated rings. The summed E-state index contributed by atoms with van der Waals surface area (Å²) in [7, 11) is 6.77. The molecule has 4 atom stereocenters. The number of hydrogen-bond acceptors (Lipinski definition) is 30. The second-order valence-electron chi connectivity index (χ2n) is 26.1. The summed E-state index contributed by atoms with van der Waals surface area (Å²) >= 11 is 6.37. The molecule has 38 heteroatoms. The van der Waals surface area contributed by atoms with Crippen LogP contribution in [0.4, 0.5) is 23.3 Å². The van der Waals surface area contributed by atoms with E-state index in [1.54, 1.807) is 84.7 Å². The zero-order chi connectivity index (χ0) is 79.1. The van der Waals surface area contributed by atoms with Gasteiger partial charge in [-0.1, -0.05) is 136 Å². The first kappa shape index (κ1) is 90.0. The van der Waals surface area contributed by atoms with Gasteiger partial charge in [0, 0.05) is 47.7 Å². The molecule has 0 spiro atoms. The molecule has 12 aromatic rings. The normalized spacial score (nSPS) is 15.9. The summed E-state index contributed by atoms with van der Waals surface area (Å²) in [5.74, 6) is 1.46. The molecule has 116 heavy (non-hydrogen) atoms. The van der Waals surface area contributed by atoms with Crippen molar-refractivity contribution in [3.63, 3.8) is 0 Å². The van der Waals surface area contributed by atoms with Crippen molar-refractivity contribution in [2.75, 3.05) is 47.8 Å². The first-order valence-corrected chi connectivity index (χ1v) is 38.7. The van der Waals surface area contributed by atoms with Gasteiger partial charge >= 0.3 is 54.3 Å². The van der Waals surface area contributed by atoms with Crippen molar-refractivity contribution in [3.8, 4) is 0 Å². The largest absolute Gasteiger partial charge is 1.00 e. The summed E-state index contributed by atoms with van der Waals surface area (Å²) in [5.41, 5.74) is 9.82. The van der Waals surface area contributed by atoms with Crippen molar-refractivity contribution in [1.29, 1.82) is 0 Å². The standard InChI is InChI=1S/3C19H19N5O3S.C10H7N2O2.C9H13N3OS.2CH4.Li.H2O/c3*1-11-20-16-14(28-11)9-8-13(19(26)24(16)2)21-17(25)18-23-22-15(27-18)10-12-6-4-3-5-7-12;13-7-10-12-11-9(14-10)6-8-4-2-1-3-5-8;1-5-11-8-7(14-5)4-3-6(10)9(13)12(8)2;;;;/h3*3-7,13H,8-10H2,1-2H3,(H,21,25);1-5H,6H2;6H,3-4,10H2,1-2H3;2*1H4;;1H2/q;;;-1;;;;+1;/p-1/t2*13-;;;6-;;;;/m10..0..../s1. The number of nitrogens with zero attached hydrogens (tertiary/aromatic N) is 16. The van der Waals surface area contributed by atoms with Crippen LogP contribution < -0.4 is 60.1 Å². The van der Waals surface area contributed by atoms with Crippen molar-refractivity contribution in [3.05, 3.63) is 230 Å². The van der Waals surface area contributed by atoms with Gasteiger partial charge in [-0.25, -0.2) is 19.9 Å². The molecule has 0 radical (unpaired) electrons. The molecule has 6 N–H and O–H groups in total. The maximum atomic E-state index is 12.7. The maximum Gasteiger partial charge on any atom is 1.00 e. The Hall–Kier alpha value is -11.6. The predicted molar refractivity (Wildman–Crippen MR) is 430 cm³/mol. The molecule has 12 heterocycles. The van der Waals surface area contributed by atoms with Crippen LogP contribution in [0.25, 0.3) is 0 Å². The molecule has 602 valence electrons. The topological polar surface area (TPSA) is 449 Å². The summed E-state index contributed by atoms with van der Waals surface area (Å²) < 4.78 is 21.4. The Morgan fingerprint density at radius 2 is 0.655 bits per heavy atom. The van der Waals surface area contributed by atoms with E-state index in [1.807, 2.05) is 149 Å². The molecule has 33 nitrogen and oxygen atoms in total. The van der Waals surface area contributed by atoms with Crippen LogP contribution in [0.3, 0.4) is 0 Å². The van der Waals surface area contributed by atoms with E-state index < -0.39 is 35.8 Å². The van der Waals surface area contributed by atoms with Crippen LogP contribution in [0.1, 0.15) is 164 Å². The SMILES string of the molecule is C.C.Cc1nc2c(s1)CCC(NC(=O)c1nnc(Cc3ccccc3)o1)C(=O)N2C.Cc1nc2c(s1)CC[C@@H](NC(=O)c1nnc(Cc3ccccc3)o1)C(=O)N2C.Cc1nc2c(s1)CC[C@H](N)C(=O)N2C.Cc1nc2c(s1)CC[C@H](NC(=O)c1nnc(Cc3ccccc3)o1)C(=O)N2C.O=[C-]c1nnc(Cc2ccccc2)o1.[Li+].[OH-]. The Labute approximate surface area is 696 Å². The molecule has 8 aromatic heterocycles. The number of rotatable bonds is 15. The van der Waals surface area contributed by atoms with Gasteiger partial charge in [0.2, 0.25) is 29.5 Å². The molecule has 16 rings (SSSR count). The minimum atomic E-state index is -0.663. The Balaban J connectivity index is 0.000000185. The quantitative estimate of drug-likeness (QED) is 0.0645. The number of benzene rings is 4. The second-order valence-corrected chi connectivity index (χ2v) is 31.3. The van der Waals surface area contributed by atoms with Gasteiger partial charge < -0.3 is 49.6 Å². The Morgan fingerprint density at radius 1 is 0.405 bits per heavy atom. The number of thiazole rings is 4. The fraction of sp³-hybridized carbons (Fsp3) is 0.333. The van der Waals surface area contributed by atoms with E-state index in [2.05, 4.69) is 76.7 Å². The van der Waals surface area contributed by atoms with Gasteiger partial charge in [0.05, 0.1) is 51.8 Å². The molecule has 4 aliphatic heterocycles. The van der Waals surface area contributed by atoms with Crippen molar-refractivity contribution < 1.29 is 80.4 Å². The molecular formula is C78H86LiN20O13S4-. The number of aryl methyl sites for hydroxylation is 8. The molecule has 0 saturated heterocycles. The van der Waals surface area contributed by atoms with Gasteiger partial charge in [0.15, 0.2) is 0 Å². The predicted octanol–water partition coefficient (Wildman–Crippen LogP) is 6.30. The summed E-state index contributed by atoms with van der Waals surface area (Å²) in [5, 5.41) is 42.4. The van der Waals surface area contributed by atoms with E-state index in [4.69, 9.17) is 23.4 Å². The molecule has 7 amide bonds. The van der Waals surface area contributed by atoms with Gasteiger partial charge in [-0.15, -0.1) is 86.1 Å². The molecular weight excluding hydrogens is 1560 g/mol. The molecule has 4 aliphatic rings. The van der Waals surface area contributed by atoms with Gasteiger partial charge in [0.25, 0.3) is 17.7 Å². The average Bonchev–Trinajstić information content (AvgIpc) is 1.67. The van der Waals surface area contributed by atoms with E-state index >= 15 is 0 Å². The zero-order valence-electron chi connectivity index (χ0n) is 63.6. The third kappa shape index (κ3) is 22.9. The number of amides is 7. The van der Waals surface area contributed by atoms with Crippen molar-refractivity contribution in [1.82, 2.24) is 76.7 Å². The van der Waals surface area contributed by atoms with Crippen LogP contribution in [0.5, 0.6) is 0 Å². The second kappa shape index (κ2) is 41.6. The third-order valence-electron chi connectivity index (χ3n) is 17.8. The van der Waals surface area contributed by atoms with Crippen molar-refractivity contribution >= 4 is 116 Å². The minimum absolute atomic E-state index is 0. The summed E-state index contributed by atoms with van der Waals surface area (Å²) in [6.07, 6.45) is 8.48. The van der Waals surface area contributed by atoms with Gasteiger partial charge in [-0.3, -0.25) is 53.2 Å². The number of anilines is 4. The van der Waals surface area contributed by atoms with Crippen LogP contribution in [-0.4, -0.2) is 166 Å². The van der Waals surface area contributed by atoms with Crippen LogP contribution in [0, 0.1) is 27.7 Å². The van der Waals surface area contributed by atoms with Gasteiger partial charge in [-0.05, 0) is 101 Å². The number of aromatic nitrogens is 12. The Bertz CT molecular complexity index is 4910. The number of nitrogens with one attached hydrogen (secondary N) is 3. The Morgan fingerprint density at radius 3 is 0.922 bits per heavy atom. The smallest absolute Gasteiger partial charge is 0.870 e. The van der Waals surface area contributed by atoms with Crippen LogP contribution in [0.15, 0.2) is 139 Å². The number of hydrogen-bond donors (Lipinski definition) is 4. The summed E-state index contributed by atoms with van der Waals surface area (Å²) in [4.78, 5) is 126. The van der Waals surface area contributed by atoms with E-state index in [1.165, 1.54) is 19.6 Å². The van der Waals surface area contributed by atoms with E-state index in [0.717, 1.165) is 75.6 Å². The van der Waals surface area contributed by atoms with E-state index in [0.29, 0.717) is 105 Å². The summed E-state index contributed by atoms with van der Waals surface area (Å²) in [6.45, 7) is 7.70. The monoisotopic (exact) mass is 1650 g/mol. The van der Waals surface area contributed by atoms with E-state index in [-0.39, 0.29) is 92.4 Å². The molecule has 0 aliphatic carbocycles. The van der Waals surface area contributed by atoms with Crippen LogP contribution >= 0.6 is 45.3 Å². The average molecular weight is 1650 g/mol. The number of fused-ring (bicyclic) bond motifs is 4. The first-order valence-electron chi connectivity index (χ1n) is 35.5. The summed E-state index contributed by atoms with van der Waals surface area (Å²) in [6, 6.07) is 36.3. The number of carbonyl (C=O) groups is 7. The molecule has 1 unspecified atom stereocenters. The number of likely N-dealkylation sites (N-methyl/N-ethyl adjacent to an activating group) is 4. The fourth-order valence-corrected chi connectivity index (χ4v) is 16.2. The first-order chi connectivity index (χ1) is 54.0. The number of nitrogens with two attached hydrogens (primary N) is 1. The van der Waals surface area contributed by atoms with Gasteiger partial charge in [0.1, 0.15) is 47.3 Å². The molecule has 0 bridgehead atoms. The van der Waals surface area contributed by atoms with Crippen molar-refractivity contribution in [2.24, 2.45) is 5.73 Å². The fourth-order valence-electron chi connectivity index (χ4n) is 12.3. The van der Waals surface area contributed by atoms with Crippen LogP contribution in [0.2, 0.25) is 0 Å². The van der Waals surface area contributed by atoms with E-state index in [9.17, 15) is 38.4 Å². The Kier molecular flexibility index (Phi) is 32.3. The van der Waals surface area contributed by atoms with Crippen molar-refractivity contribution in [2.45, 2.75) is 144 Å². The molecule has 4 aromatic carbocycles. The van der Waals surface area contributed by atoms with Gasteiger partial charge in [-0.2, -0.15) is 6.29 Å². The third-order valence-corrected chi connectivity index (χ3v) is 21.9. The molecule has 0 saturated carbocycles. The minimum Gasteiger partial charge on any atom is -0.870 e.